The number of aromatic nitrogens is 4. The van der Waals surface area contributed by atoms with Crippen molar-refractivity contribution in [3.05, 3.63) is 70.7 Å². The summed E-state index contributed by atoms with van der Waals surface area (Å²) in [5.74, 6) is 1.34. The number of hydrogen-bond donors (Lipinski definition) is 1. The average Bonchev–Trinajstić information content (AvgIpc) is 3.45. The predicted molar refractivity (Wildman–Crippen MR) is 131 cm³/mol. The van der Waals surface area contributed by atoms with Crippen molar-refractivity contribution in [3.8, 4) is 22.8 Å². The first kappa shape index (κ1) is 22.7. The lowest BCUT2D eigenvalue weighted by Gasteiger charge is -2.11. The van der Waals surface area contributed by atoms with Crippen LogP contribution < -0.4 is 10.2 Å². The van der Waals surface area contributed by atoms with Crippen molar-refractivity contribution in [3.63, 3.8) is 0 Å². The molecule has 10 heteroatoms. The number of rotatable bonds is 9. The Hall–Kier alpha value is -3.50. The molecule has 0 aliphatic heterocycles. The monoisotopic (exact) mass is 478 g/mol. The maximum atomic E-state index is 12.3. The highest BCUT2D eigenvalue weighted by Crippen LogP contribution is 2.28. The molecule has 1 aromatic carbocycles. The van der Waals surface area contributed by atoms with E-state index in [9.17, 15) is 4.79 Å². The Labute approximate surface area is 199 Å². The topological polar surface area (TPSA) is 94.3 Å². The number of nitrogens with zero attached hydrogens (tertiary/aromatic N) is 5. The Bertz CT molecular complexity index is 1240. The molecule has 3 aromatic heterocycles. The van der Waals surface area contributed by atoms with Gasteiger partial charge in [0.25, 0.3) is 5.91 Å². The molecule has 0 atom stereocenters. The summed E-state index contributed by atoms with van der Waals surface area (Å²) in [6, 6.07) is 13.4. The molecule has 168 valence electrons. The Morgan fingerprint density at radius 3 is 2.79 bits per heavy atom. The van der Waals surface area contributed by atoms with Gasteiger partial charge in [-0.05, 0) is 67.3 Å². The van der Waals surface area contributed by atoms with Gasteiger partial charge in [0, 0.05) is 28.5 Å². The third-order valence-electron chi connectivity index (χ3n) is 4.56. The number of pyridine rings is 1. The Kier molecular flexibility index (Phi) is 7.48. The van der Waals surface area contributed by atoms with E-state index in [1.165, 1.54) is 11.8 Å². The van der Waals surface area contributed by atoms with Crippen LogP contribution in [0.2, 0.25) is 0 Å². The van der Waals surface area contributed by atoms with Crippen LogP contribution in [0.5, 0.6) is 5.75 Å². The maximum absolute atomic E-state index is 12.3. The smallest absolute Gasteiger partial charge is 0.250 e. The lowest BCUT2D eigenvalue weighted by Crippen LogP contribution is -2.20. The Morgan fingerprint density at radius 1 is 1.24 bits per heavy atom. The van der Waals surface area contributed by atoms with Crippen molar-refractivity contribution in [2.75, 3.05) is 12.4 Å². The summed E-state index contributed by atoms with van der Waals surface area (Å²) in [6.45, 7) is 4.54. The van der Waals surface area contributed by atoms with Crippen LogP contribution in [-0.4, -0.2) is 44.2 Å². The van der Waals surface area contributed by atoms with Crippen LogP contribution in [0, 0.1) is 6.92 Å². The summed E-state index contributed by atoms with van der Waals surface area (Å²) < 4.78 is 7.46. The summed E-state index contributed by atoms with van der Waals surface area (Å²) in [5.41, 5.74) is 5.38. The number of amides is 1. The molecular formula is C23H22N6O2S2. The van der Waals surface area contributed by atoms with Gasteiger partial charge in [-0.15, -0.1) is 21.5 Å². The van der Waals surface area contributed by atoms with Gasteiger partial charge in [0.15, 0.2) is 11.0 Å². The second-order valence-corrected chi connectivity index (χ2v) is 8.75. The fraction of sp³-hybridized carbons (Fsp3) is 0.174. The fourth-order valence-electron chi connectivity index (χ4n) is 2.98. The van der Waals surface area contributed by atoms with Gasteiger partial charge >= 0.3 is 0 Å². The minimum Gasteiger partial charge on any atom is -0.494 e. The number of benzene rings is 1. The first-order valence-electron chi connectivity index (χ1n) is 10.2. The van der Waals surface area contributed by atoms with Crippen LogP contribution in [0.15, 0.2) is 70.5 Å². The number of carbonyl (C=O) groups excluding carboxylic acids is 1. The number of aryl methyl sites for hydroxylation is 1. The molecule has 0 saturated heterocycles. The fourth-order valence-corrected chi connectivity index (χ4v) is 4.51. The molecule has 3 heterocycles. The average molecular weight is 479 g/mol. The molecule has 0 radical (unpaired) electrons. The summed E-state index contributed by atoms with van der Waals surface area (Å²) in [7, 11) is 0. The first-order valence-corrected chi connectivity index (χ1v) is 12.1. The van der Waals surface area contributed by atoms with Crippen molar-refractivity contribution in [2.45, 2.75) is 19.0 Å². The van der Waals surface area contributed by atoms with Gasteiger partial charge in [-0.2, -0.15) is 5.10 Å². The number of ether oxygens (including phenoxy) is 1. The van der Waals surface area contributed by atoms with Gasteiger partial charge in [-0.25, -0.2) is 5.43 Å². The molecule has 1 N–H and O–H groups in total. The highest BCUT2D eigenvalue weighted by Gasteiger charge is 2.17. The minimum atomic E-state index is -0.227. The number of thioether (sulfide) groups is 1. The van der Waals surface area contributed by atoms with Crippen LogP contribution in [0.1, 0.15) is 17.4 Å². The highest BCUT2D eigenvalue weighted by molar-refractivity contribution is 7.99. The SMILES string of the molecule is CCOc1ccc(-n2c(SCC(=O)N/N=C\c3sccc3C)nnc2-c2cccnc2)cc1. The normalized spacial score (nSPS) is 11.1. The number of hydrazone groups is 1. The van der Waals surface area contributed by atoms with Crippen LogP contribution >= 0.6 is 23.1 Å². The van der Waals surface area contributed by atoms with E-state index in [1.807, 2.05) is 66.3 Å². The molecule has 0 unspecified atom stereocenters. The van der Waals surface area contributed by atoms with Crippen LogP contribution in [0.4, 0.5) is 0 Å². The summed E-state index contributed by atoms with van der Waals surface area (Å²) >= 11 is 2.86. The summed E-state index contributed by atoms with van der Waals surface area (Å²) in [4.78, 5) is 17.5. The van der Waals surface area contributed by atoms with Crippen molar-refractivity contribution < 1.29 is 9.53 Å². The number of carbonyl (C=O) groups is 1. The second-order valence-electron chi connectivity index (χ2n) is 6.86. The standard InChI is InChI=1S/C23H22N6O2S2/c1-3-31-19-8-6-18(7-9-19)29-22(17-5-4-11-24-13-17)27-28-23(29)33-15-21(30)26-25-14-20-16(2)10-12-32-20/h4-14H,3,15H2,1-2H3,(H,26,30)/b25-14-. The van der Waals surface area contributed by atoms with Gasteiger partial charge in [-0.1, -0.05) is 11.8 Å². The number of hydrogen-bond acceptors (Lipinski definition) is 8. The van der Waals surface area contributed by atoms with Crippen LogP contribution in [0.3, 0.4) is 0 Å². The maximum Gasteiger partial charge on any atom is 0.250 e. The molecule has 0 saturated carbocycles. The molecule has 0 spiro atoms. The summed E-state index contributed by atoms with van der Waals surface area (Å²) in [6.07, 6.45) is 5.10. The van der Waals surface area contributed by atoms with E-state index in [1.54, 1.807) is 29.9 Å². The Morgan fingerprint density at radius 2 is 2.09 bits per heavy atom. The van der Waals surface area contributed by atoms with Gasteiger partial charge in [-0.3, -0.25) is 14.3 Å². The van der Waals surface area contributed by atoms with Gasteiger partial charge in [0.2, 0.25) is 0 Å². The van der Waals surface area contributed by atoms with E-state index in [0.717, 1.165) is 27.4 Å². The van der Waals surface area contributed by atoms with E-state index in [0.29, 0.717) is 17.6 Å². The van der Waals surface area contributed by atoms with Crippen LogP contribution in [-0.2, 0) is 4.79 Å². The van der Waals surface area contributed by atoms with Gasteiger partial charge in [0.05, 0.1) is 18.6 Å². The minimum absolute atomic E-state index is 0.142. The molecule has 1 amide bonds. The zero-order valence-corrected chi connectivity index (χ0v) is 19.8. The lowest BCUT2D eigenvalue weighted by atomic mass is 10.2. The van der Waals surface area contributed by atoms with E-state index in [2.05, 4.69) is 25.7 Å². The van der Waals surface area contributed by atoms with Crippen molar-refractivity contribution in [1.82, 2.24) is 25.2 Å². The first-order chi connectivity index (χ1) is 16.2. The van der Waals surface area contributed by atoms with Crippen LogP contribution in [0.25, 0.3) is 17.1 Å². The predicted octanol–water partition coefficient (Wildman–Crippen LogP) is 4.34. The molecule has 33 heavy (non-hydrogen) atoms. The molecule has 0 fully saturated rings. The molecule has 0 aliphatic rings. The highest BCUT2D eigenvalue weighted by atomic mass is 32.2. The van der Waals surface area contributed by atoms with E-state index in [-0.39, 0.29) is 11.7 Å². The van der Waals surface area contributed by atoms with Crippen molar-refractivity contribution >= 4 is 35.2 Å². The molecule has 0 bridgehead atoms. The Balaban J connectivity index is 1.52. The van der Waals surface area contributed by atoms with Gasteiger partial charge < -0.3 is 4.74 Å². The lowest BCUT2D eigenvalue weighted by molar-refractivity contribution is -0.118. The molecule has 4 rings (SSSR count). The number of nitrogens with one attached hydrogen (secondary N) is 1. The zero-order valence-electron chi connectivity index (χ0n) is 18.1. The molecular weight excluding hydrogens is 456 g/mol. The van der Waals surface area contributed by atoms with E-state index < -0.39 is 0 Å². The van der Waals surface area contributed by atoms with Crippen molar-refractivity contribution in [1.29, 1.82) is 0 Å². The number of thiophene rings is 1. The zero-order chi connectivity index (χ0) is 23.0. The summed E-state index contributed by atoms with van der Waals surface area (Å²) in [5, 5.41) is 15.3. The van der Waals surface area contributed by atoms with Gasteiger partial charge in [0.1, 0.15) is 5.75 Å². The quantitative estimate of drug-likeness (QED) is 0.218. The molecule has 0 aliphatic carbocycles. The second kappa shape index (κ2) is 10.9. The van der Waals surface area contributed by atoms with E-state index >= 15 is 0 Å². The third kappa shape index (κ3) is 5.65. The molecule has 4 aromatic rings. The van der Waals surface area contributed by atoms with E-state index in [4.69, 9.17) is 4.74 Å². The third-order valence-corrected chi connectivity index (χ3v) is 6.45. The largest absolute Gasteiger partial charge is 0.494 e. The van der Waals surface area contributed by atoms with Crippen molar-refractivity contribution in [2.24, 2.45) is 5.10 Å². The molecule has 8 nitrogen and oxygen atoms in total.